The van der Waals surface area contributed by atoms with Gasteiger partial charge in [-0.2, -0.15) is 8.78 Å². The zero-order valence-corrected chi connectivity index (χ0v) is 6.54. The molecule has 13 heavy (non-hydrogen) atoms. The Hall–Kier alpha value is -1.24. The average Bonchev–Trinajstić information content (AvgIpc) is 2.03. The van der Waals surface area contributed by atoms with Crippen LogP contribution in [-0.2, 0) is 9.59 Å². The van der Waals surface area contributed by atoms with Gasteiger partial charge in [0.1, 0.15) is 0 Å². The van der Waals surface area contributed by atoms with Gasteiger partial charge in [0.25, 0.3) is 5.91 Å². The molecule has 0 aromatic rings. The number of nitrogens with one attached hydrogen (secondary N) is 1. The molecule has 0 saturated carbocycles. The molecule has 1 atom stereocenters. The largest absolute Gasteiger partial charge is 0.479 e. The second-order valence-corrected chi connectivity index (χ2v) is 2.23. The van der Waals surface area contributed by atoms with Crippen LogP contribution in [-0.4, -0.2) is 41.2 Å². The maximum absolute atomic E-state index is 11.5. The monoisotopic (exact) mass is 197 g/mol. The van der Waals surface area contributed by atoms with E-state index in [-0.39, 0.29) is 13.0 Å². The molecule has 0 radical (unpaired) electrons. The third kappa shape index (κ3) is 5.07. The summed E-state index contributed by atoms with van der Waals surface area (Å²) in [7, 11) is 0. The van der Waals surface area contributed by atoms with Crippen molar-refractivity contribution < 1.29 is 28.6 Å². The van der Waals surface area contributed by atoms with Crippen LogP contribution in [0.4, 0.5) is 8.78 Å². The quantitative estimate of drug-likeness (QED) is 0.538. The van der Waals surface area contributed by atoms with E-state index < -0.39 is 24.4 Å². The maximum Gasteiger partial charge on any atom is 0.332 e. The molecule has 0 rings (SSSR count). The number of aliphatic hydroxyl groups excluding tert-OH is 1. The summed E-state index contributed by atoms with van der Waals surface area (Å²) in [5, 5.41) is 18.5. The van der Waals surface area contributed by atoms with Gasteiger partial charge in [0.2, 0.25) is 0 Å². The van der Waals surface area contributed by atoms with E-state index >= 15 is 0 Å². The predicted octanol–water partition coefficient (Wildman–Crippen LogP) is -0.797. The van der Waals surface area contributed by atoms with E-state index in [9.17, 15) is 18.4 Å². The van der Waals surface area contributed by atoms with E-state index in [2.05, 4.69) is 0 Å². The first-order chi connectivity index (χ1) is 5.95. The summed E-state index contributed by atoms with van der Waals surface area (Å²) in [4.78, 5) is 20.2. The van der Waals surface area contributed by atoms with E-state index in [1.165, 1.54) is 0 Å². The number of aliphatic hydroxyl groups is 1. The zero-order valence-electron chi connectivity index (χ0n) is 6.54. The lowest BCUT2D eigenvalue weighted by molar-refractivity contribution is -0.147. The molecule has 3 N–H and O–H groups in total. The molecule has 0 aromatic carbocycles. The minimum Gasteiger partial charge on any atom is -0.479 e. The van der Waals surface area contributed by atoms with Gasteiger partial charge in [-0.05, 0) is 0 Å². The lowest BCUT2D eigenvalue weighted by Gasteiger charge is -2.06. The van der Waals surface area contributed by atoms with Gasteiger partial charge in [0.15, 0.2) is 6.10 Å². The number of carbonyl (C=O) groups is 2. The topological polar surface area (TPSA) is 86.6 Å². The number of rotatable bonds is 5. The Bertz CT molecular complexity index is 197. The summed E-state index contributed by atoms with van der Waals surface area (Å²) in [5.74, 6) is -2.93. The number of hydrogen-bond acceptors (Lipinski definition) is 3. The third-order valence-electron chi connectivity index (χ3n) is 1.20. The fourth-order valence-corrected chi connectivity index (χ4v) is 0.533. The van der Waals surface area contributed by atoms with Crippen LogP contribution in [0.5, 0.6) is 0 Å². The summed E-state index contributed by atoms with van der Waals surface area (Å²) in [6, 6.07) is 0. The van der Waals surface area contributed by atoms with Crippen LogP contribution in [0.2, 0.25) is 0 Å². The van der Waals surface area contributed by atoms with E-state index in [1.807, 2.05) is 0 Å². The highest BCUT2D eigenvalue weighted by Crippen LogP contribution is 1.93. The SMILES string of the molecule is O=C(NCC[C@H](O)C(=O)O)C(F)F. The normalized spacial score (nSPS) is 12.6. The van der Waals surface area contributed by atoms with Crippen LogP contribution in [0.1, 0.15) is 6.42 Å². The van der Waals surface area contributed by atoms with Crippen LogP contribution in [0.25, 0.3) is 0 Å². The number of hydrogen-bond donors (Lipinski definition) is 3. The molecule has 76 valence electrons. The van der Waals surface area contributed by atoms with E-state index in [0.717, 1.165) is 0 Å². The van der Waals surface area contributed by atoms with Crippen LogP contribution < -0.4 is 5.32 Å². The Kier molecular flexibility index (Phi) is 4.90. The molecule has 5 nitrogen and oxygen atoms in total. The molecule has 0 heterocycles. The van der Waals surface area contributed by atoms with E-state index in [0.29, 0.717) is 0 Å². The molecular weight excluding hydrogens is 188 g/mol. The molecule has 7 heteroatoms. The summed E-state index contributed by atoms with van der Waals surface area (Å²) in [6.07, 6.45) is -5.06. The number of amides is 1. The highest BCUT2D eigenvalue weighted by Gasteiger charge is 2.16. The van der Waals surface area contributed by atoms with Crippen LogP contribution >= 0.6 is 0 Å². The number of carboxylic acid groups (broad SMARTS) is 1. The van der Waals surface area contributed by atoms with Gasteiger partial charge in [-0.25, -0.2) is 4.79 Å². The summed E-state index contributed by atoms with van der Waals surface area (Å²) >= 11 is 0. The Morgan fingerprint density at radius 3 is 2.31 bits per heavy atom. The van der Waals surface area contributed by atoms with Crippen molar-refractivity contribution in [1.29, 1.82) is 0 Å². The standard InChI is InChI=1S/C6H9F2NO4/c7-4(8)5(11)9-2-1-3(10)6(12)13/h3-4,10H,1-2H2,(H,9,11)(H,12,13)/t3-/m0/s1. The van der Waals surface area contributed by atoms with Gasteiger partial charge >= 0.3 is 12.4 Å². The van der Waals surface area contributed by atoms with Crippen molar-refractivity contribution in [3.8, 4) is 0 Å². The van der Waals surface area contributed by atoms with Crippen molar-refractivity contribution >= 4 is 11.9 Å². The van der Waals surface area contributed by atoms with Crippen molar-refractivity contribution in [1.82, 2.24) is 5.32 Å². The second kappa shape index (κ2) is 5.41. The number of aliphatic carboxylic acids is 1. The van der Waals surface area contributed by atoms with Crippen LogP contribution in [0.15, 0.2) is 0 Å². The van der Waals surface area contributed by atoms with Gasteiger partial charge in [0, 0.05) is 13.0 Å². The molecule has 0 saturated heterocycles. The van der Waals surface area contributed by atoms with Crippen molar-refractivity contribution in [3.05, 3.63) is 0 Å². The Balaban J connectivity index is 3.56. The first-order valence-electron chi connectivity index (χ1n) is 3.42. The molecule has 0 aliphatic rings. The average molecular weight is 197 g/mol. The minimum atomic E-state index is -3.12. The van der Waals surface area contributed by atoms with Gasteiger partial charge in [0.05, 0.1) is 0 Å². The number of carbonyl (C=O) groups excluding carboxylic acids is 1. The molecule has 0 aliphatic carbocycles. The lowest BCUT2D eigenvalue weighted by Crippen LogP contribution is -2.33. The van der Waals surface area contributed by atoms with Gasteiger partial charge < -0.3 is 15.5 Å². The van der Waals surface area contributed by atoms with Crippen molar-refractivity contribution in [2.45, 2.75) is 19.0 Å². The van der Waals surface area contributed by atoms with E-state index in [4.69, 9.17) is 10.2 Å². The molecule has 1 amide bonds. The number of alkyl halides is 2. The summed E-state index contributed by atoms with van der Waals surface area (Å²) < 4.78 is 23.0. The minimum absolute atomic E-state index is 0.295. The van der Waals surface area contributed by atoms with Crippen LogP contribution in [0, 0.1) is 0 Å². The Morgan fingerprint density at radius 2 is 1.92 bits per heavy atom. The van der Waals surface area contributed by atoms with Crippen LogP contribution in [0.3, 0.4) is 0 Å². The van der Waals surface area contributed by atoms with Gasteiger partial charge in [-0.15, -0.1) is 0 Å². The lowest BCUT2D eigenvalue weighted by atomic mass is 10.2. The van der Waals surface area contributed by atoms with Gasteiger partial charge in [-0.1, -0.05) is 0 Å². The fraction of sp³-hybridized carbons (Fsp3) is 0.667. The molecular formula is C6H9F2NO4. The Morgan fingerprint density at radius 1 is 1.38 bits per heavy atom. The second-order valence-electron chi connectivity index (χ2n) is 2.23. The molecule has 0 spiro atoms. The number of halogens is 2. The van der Waals surface area contributed by atoms with Crippen molar-refractivity contribution in [3.63, 3.8) is 0 Å². The van der Waals surface area contributed by atoms with Crippen molar-refractivity contribution in [2.75, 3.05) is 6.54 Å². The molecule has 0 aromatic heterocycles. The molecule has 0 bridgehead atoms. The first-order valence-corrected chi connectivity index (χ1v) is 3.42. The highest BCUT2D eigenvalue weighted by atomic mass is 19.3. The number of carboxylic acids is 1. The maximum atomic E-state index is 11.5. The van der Waals surface area contributed by atoms with Gasteiger partial charge in [-0.3, -0.25) is 4.79 Å². The third-order valence-corrected chi connectivity index (χ3v) is 1.20. The molecule has 0 unspecified atom stereocenters. The molecule has 0 fully saturated rings. The fourth-order valence-electron chi connectivity index (χ4n) is 0.533. The summed E-state index contributed by atoms with van der Waals surface area (Å²) in [5.41, 5.74) is 0. The summed E-state index contributed by atoms with van der Waals surface area (Å²) in [6.45, 7) is -0.295. The Labute approximate surface area is 72.4 Å². The highest BCUT2D eigenvalue weighted by molar-refractivity contribution is 5.79. The zero-order chi connectivity index (χ0) is 10.4. The smallest absolute Gasteiger partial charge is 0.332 e. The van der Waals surface area contributed by atoms with Crippen molar-refractivity contribution in [2.24, 2.45) is 0 Å². The predicted molar refractivity (Wildman–Crippen MR) is 37.3 cm³/mol. The first kappa shape index (κ1) is 11.8. The van der Waals surface area contributed by atoms with E-state index in [1.54, 1.807) is 5.32 Å². The molecule has 0 aliphatic heterocycles.